The van der Waals surface area contributed by atoms with E-state index in [1.807, 2.05) is 11.9 Å². The normalized spacial score (nSPS) is 34.0. The zero-order valence-electron chi connectivity index (χ0n) is 10.9. The SMILES string of the molecule is CNCC1CN(C(=O)C2CCCC2C)CCO1. The third kappa shape index (κ3) is 2.99. The van der Waals surface area contributed by atoms with Gasteiger partial charge in [-0.05, 0) is 25.8 Å². The number of rotatable bonds is 3. The smallest absolute Gasteiger partial charge is 0.226 e. The molecule has 1 heterocycles. The predicted molar refractivity (Wildman–Crippen MR) is 66.8 cm³/mol. The molecule has 0 aromatic heterocycles. The van der Waals surface area contributed by atoms with Crippen LogP contribution < -0.4 is 5.32 Å². The molecule has 1 aliphatic carbocycles. The largest absolute Gasteiger partial charge is 0.373 e. The van der Waals surface area contributed by atoms with Crippen molar-refractivity contribution in [2.45, 2.75) is 32.3 Å². The Morgan fingerprint density at radius 3 is 2.94 bits per heavy atom. The van der Waals surface area contributed by atoms with E-state index in [0.29, 0.717) is 18.4 Å². The van der Waals surface area contributed by atoms with Crippen LogP contribution in [0.3, 0.4) is 0 Å². The maximum atomic E-state index is 12.4. The van der Waals surface area contributed by atoms with Crippen LogP contribution in [0.25, 0.3) is 0 Å². The Labute approximate surface area is 104 Å². The summed E-state index contributed by atoms with van der Waals surface area (Å²) >= 11 is 0. The topological polar surface area (TPSA) is 41.6 Å². The Morgan fingerprint density at radius 1 is 1.47 bits per heavy atom. The molecule has 4 nitrogen and oxygen atoms in total. The van der Waals surface area contributed by atoms with Crippen LogP contribution >= 0.6 is 0 Å². The van der Waals surface area contributed by atoms with E-state index < -0.39 is 0 Å². The van der Waals surface area contributed by atoms with Gasteiger partial charge in [-0.2, -0.15) is 0 Å². The van der Waals surface area contributed by atoms with Crippen LogP contribution in [0.4, 0.5) is 0 Å². The molecule has 98 valence electrons. The first-order chi connectivity index (χ1) is 8.22. The fourth-order valence-electron chi connectivity index (χ4n) is 3.02. The molecule has 1 saturated heterocycles. The van der Waals surface area contributed by atoms with Crippen molar-refractivity contribution in [2.75, 3.05) is 33.3 Å². The highest BCUT2D eigenvalue weighted by Gasteiger charge is 2.34. The first-order valence-electron chi connectivity index (χ1n) is 6.77. The van der Waals surface area contributed by atoms with Crippen molar-refractivity contribution < 1.29 is 9.53 Å². The van der Waals surface area contributed by atoms with Crippen molar-refractivity contribution in [2.24, 2.45) is 11.8 Å². The van der Waals surface area contributed by atoms with Gasteiger partial charge in [0, 0.05) is 25.6 Å². The zero-order valence-corrected chi connectivity index (χ0v) is 10.9. The van der Waals surface area contributed by atoms with Gasteiger partial charge in [0.15, 0.2) is 0 Å². The molecule has 3 unspecified atom stereocenters. The number of hydrogen-bond donors (Lipinski definition) is 1. The second-order valence-corrected chi connectivity index (χ2v) is 5.35. The lowest BCUT2D eigenvalue weighted by molar-refractivity contribution is -0.143. The van der Waals surface area contributed by atoms with Crippen molar-refractivity contribution in [3.05, 3.63) is 0 Å². The maximum Gasteiger partial charge on any atom is 0.226 e. The summed E-state index contributed by atoms with van der Waals surface area (Å²) in [5.41, 5.74) is 0. The van der Waals surface area contributed by atoms with Gasteiger partial charge < -0.3 is 15.0 Å². The predicted octanol–water partition coefficient (Wildman–Crippen LogP) is 0.869. The molecule has 0 spiro atoms. The Morgan fingerprint density at radius 2 is 2.29 bits per heavy atom. The number of nitrogens with one attached hydrogen (secondary N) is 1. The molecule has 3 atom stereocenters. The number of likely N-dealkylation sites (N-methyl/N-ethyl adjacent to an activating group) is 1. The highest BCUT2D eigenvalue weighted by Crippen LogP contribution is 2.32. The molecular formula is C13H24N2O2. The van der Waals surface area contributed by atoms with Crippen molar-refractivity contribution in [1.29, 1.82) is 0 Å². The molecule has 1 saturated carbocycles. The number of carbonyl (C=O) groups is 1. The lowest BCUT2D eigenvalue weighted by Crippen LogP contribution is -2.50. The van der Waals surface area contributed by atoms with Gasteiger partial charge >= 0.3 is 0 Å². The summed E-state index contributed by atoms with van der Waals surface area (Å²) in [5, 5.41) is 3.11. The standard InChI is InChI=1S/C13H24N2O2/c1-10-4-3-5-12(10)13(16)15-6-7-17-11(9-15)8-14-2/h10-12,14H,3-9H2,1-2H3. The minimum Gasteiger partial charge on any atom is -0.373 e. The van der Waals surface area contributed by atoms with E-state index in [0.717, 1.165) is 26.1 Å². The van der Waals surface area contributed by atoms with Crippen LogP contribution in [0, 0.1) is 11.8 Å². The number of nitrogens with zero attached hydrogens (tertiary/aromatic N) is 1. The molecule has 0 aromatic rings. The summed E-state index contributed by atoms with van der Waals surface area (Å²) in [7, 11) is 1.92. The summed E-state index contributed by atoms with van der Waals surface area (Å²) in [6.07, 6.45) is 3.66. The van der Waals surface area contributed by atoms with Crippen LogP contribution in [-0.4, -0.2) is 50.2 Å². The van der Waals surface area contributed by atoms with Gasteiger partial charge in [-0.1, -0.05) is 13.3 Å². The number of carbonyl (C=O) groups excluding carboxylic acids is 1. The first-order valence-corrected chi connectivity index (χ1v) is 6.77. The minimum atomic E-state index is 0.161. The van der Waals surface area contributed by atoms with Gasteiger partial charge in [0.2, 0.25) is 5.91 Å². The van der Waals surface area contributed by atoms with E-state index >= 15 is 0 Å². The molecule has 0 bridgehead atoms. The number of hydrogen-bond acceptors (Lipinski definition) is 3. The van der Waals surface area contributed by atoms with E-state index in [1.165, 1.54) is 12.8 Å². The van der Waals surface area contributed by atoms with Crippen molar-refractivity contribution in [3.63, 3.8) is 0 Å². The quantitative estimate of drug-likeness (QED) is 0.796. The lowest BCUT2D eigenvalue weighted by Gasteiger charge is -2.35. The Kier molecular flexibility index (Phi) is 4.40. The second-order valence-electron chi connectivity index (χ2n) is 5.35. The fourth-order valence-corrected chi connectivity index (χ4v) is 3.02. The monoisotopic (exact) mass is 240 g/mol. The van der Waals surface area contributed by atoms with E-state index in [1.54, 1.807) is 0 Å². The van der Waals surface area contributed by atoms with Crippen molar-refractivity contribution >= 4 is 5.91 Å². The van der Waals surface area contributed by atoms with Crippen molar-refractivity contribution in [1.82, 2.24) is 10.2 Å². The number of amides is 1. The highest BCUT2D eigenvalue weighted by atomic mass is 16.5. The Hall–Kier alpha value is -0.610. The Bertz CT molecular complexity index is 268. The second kappa shape index (κ2) is 5.83. The molecule has 0 aromatic carbocycles. The van der Waals surface area contributed by atoms with Gasteiger partial charge in [-0.15, -0.1) is 0 Å². The van der Waals surface area contributed by atoms with Gasteiger partial charge in [0.25, 0.3) is 0 Å². The van der Waals surface area contributed by atoms with Crippen LogP contribution in [0.2, 0.25) is 0 Å². The van der Waals surface area contributed by atoms with Gasteiger partial charge in [0.05, 0.1) is 12.7 Å². The number of morpholine rings is 1. The van der Waals surface area contributed by atoms with E-state index in [2.05, 4.69) is 12.2 Å². The molecule has 2 aliphatic rings. The molecule has 4 heteroatoms. The van der Waals surface area contributed by atoms with Gasteiger partial charge in [-0.3, -0.25) is 4.79 Å². The molecule has 2 fully saturated rings. The zero-order chi connectivity index (χ0) is 12.3. The highest BCUT2D eigenvalue weighted by molar-refractivity contribution is 5.79. The summed E-state index contributed by atoms with van der Waals surface area (Å²) in [6.45, 7) is 5.23. The first kappa shape index (κ1) is 12.8. The minimum absolute atomic E-state index is 0.161. The van der Waals surface area contributed by atoms with E-state index in [9.17, 15) is 4.79 Å². The molecule has 1 aliphatic heterocycles. The molecular weight excluding hydrogens is 216 g/mol. The molecule has 2 rings (SSSR count). The fraction of sp³-hybridized carbons (Fsp3) is 0.923. The third-order valence-corrected chi connectivity index (χ3v) is 4.06. The third-order valence-electron chi connectivity index (χ3n) is 4.06. The summed E-state index contributed by atoms with van der Waals surface area (Å²) in [4.78, 5) is 14.4. The summed E-state index contributed by atoms with van der Waals surface area (Å²) in [5.74, 6) is 1.19. The maximum absolute atomic E-state index is 12.4. The van der Waals surface area contributed by atoms with E-state index in [-0.39, 0.29) is 12.0 Å². The summed E-state index contributed by atoms with van der Waals surface area (Å²) < 4.78 is 5.63. The Balaban J connectivity index is 1.90. The van der Waals surface area contributed by atoms with Crippen LogP contribution in [0.15, 0.2) is 0 Å². The average Bonchev–Trinajstić information content (AvgIpc) is 2.75. The molecule has 0 radical (unpaired) electrons. The molecule has 17 heavy (non-hydrogen) atoms. The van der Waals surface area contributed by atoms with Gasteiger partial charge in [0.1, 0.15) is 0 Å². The van der Waals surface area contributed by atoms with E-state index in [4.69, 9.17) is 4.74 Å². The van der Waals surface area contributed by atoms with Crippen LogP contribution in [-0.2, 0) is 9.53 Å². The number of ether oxygens (including phenoxy) is 1. The van der Waals surface area contributed by atoms with Crippen LogP contribution in [0.5, 0.6) is 0 Å². The van der Waals surface area contributed by atoms with Gasteiger partial charge in [-0.25, -0.2) is 0 Å². The summed E-state index contributed by atoms with van der Waals surface area (Å²) in [6, 6.07) is 0. The average molecular weight is 240 g/mol. The molecule has 1 N–H and O–H groups in total. The molecule has 1 amide bonds. The van der Waals surface area contributed by atoms with Crippen LogP contribution in [0.1, 0.15) is 26.2 Å². The van der Waals surface area contributed by atoms with Crippen molar-refractivity contribution in [3.8, 4) is 0 Å². The lowest BCUT2D eigenvalue weighted by atomic mass is 9.96.